The molecular weight excluding hydrogens is 304 g/mol. The second-order valence-corrected chi connectivity index (χ2v) is 8.29. The molecule has 6 heteroatoms. The molecule has 0 atom stereocenters. The van der Waals surface area contributed by atoms with Crippen molar-refractivity contribution in [1.29, 1.82) is 0 Å². The minimum absolute atomic E-state index is 0.0232. The van der Waals surface area contributed by atoms with Crippen molar-refractivity contribution in [2.45, 2.75) is 44.9 Å². The first kappa shape index (κ1) is 15.7. The molecule has 2 amide bonds. The topological polar surface area (TPSA) is 76.0 Å². The van der Waals surface area contributed by atoms with Crippen LogP contribution in [0.1, 0.15) is 55.4 Å². The van der Waals surface area contributed by atoms with Gasteiger partial charge in [0.25, 0.3) is 5.91 Å². The molecule has 4 fully saturated rings. The van der Waals surface area contributed by atoms with Crippen LogP contribution in [-0.2, 0) is 11.8 Å². The van der Waals surface area contributed by atoms with Gasteiger partial charge in [-0.1, -0.05) is 0 Å². The molecule has 0 aliphatic heterocycles. The lowest BCUT2D eigenvalue weighted by atomic mass is 9.49. The van der Waals surface area contributed by atoms with Gasteiger partial charge < -0.3 is 10.6 Å². The summed E-state index contributed by atoms with van der Waals surface area (Å²) in [7, 11) is 3.32. The third kappa shape index (κ3) is 2.72. The largest absolute Gasteiger partial charge is 0.354 e. The zero-order chi connectivity index (χ0) is 16.9. The Labute approximate surface area is 142 Å². The summed E-state index contributed by atoms with van der Waals surface area (Å²) in [4.78, 5) is 24.6. The lowest BCUT2D eigenvalue weighted by molar-refractivity contribution is -0.124. The maximum absolute atomic E-state index is 12.7. The second-order valence-electron chi connectivity index (χ2n) is 8.29. The van der Waals surface area contributed by atoms with Gasteiger partial charge in [-0.15, -0.1) is 0 Å². The molecule has 1 aromatic heterocycles. The Morgan fingerprint density at radius 3 is 2.33 bits per heavy atom. The molecule has 0 aromatic carbocycles. The fourth-order valence-corrected chi connectivity index (χ4v) is 5.91. The molecule has 4 bridgehead atoms. The van der Waals surface area contributed by atoms with E-state index in [0.717, 1.165) is 17.8 Å². The van der Waals surface area contributed by atoms with Crippen LogP contribution in [0.4, 0.5) is 5.69 Å². The van der Waals surface area contributed by atoms with Gasteiger partial charge in [0.1, 0.15) is 0 Å². The van der Waals surface area contributed by atoms with Crippen LogP contribution < -0.4 is 10.6 Å². The summed E-state index contributed by atoms with van der Waals surface area (Å²) in [5.74, 6) is 2.26. The van der Waals surface area contributed by atoms with Gasteiger partial charge in [0, 0.05) is 26.7 Å². The van der Waals surface area contributed by atoms with Crippen LogP contribution in [0.3, 0.4) is 0 Å². The Bertz CT molecular complexity index is 643. The number of carbonyl (C=O) groups excluding carboxylic acids is 2. The first-order valence-electron chi connectivity index (χ1n) is 9.02. The quantitative estimate of drug-likeness (QED) is 0.889. The van der Waals surface area contributed by atoms with Gasteiger partial charge in [-0.05, 0) is 61.7 Å². The molecule has 130 valence electrons. The summed E-state index contributed by atoms with van der Waals surface area (Å²) in [5, 5.41) is 9.66. The van der Waals surface area contributed by atoms with E-state index in [4.69, 9.17) is 0 Å². The zero-order valence-electron chi connectivity index (χ0n) is 14.5. The van der Waals surface area contributed by atoms with E-state index in [1.165, 1.54) is 38.5 Å². The van der Waals surface area contributed by atoms with Crippen molar-refractivity contribution in [2.75, 3.05) is 12.4 Å². The minimum Gasteiger partial charge on any atom is -0.354 e. The van der Waals surface area contributed by atoms with Gasteiger partial charge in [0.05, 0.1) is 5.69 Å². The molecule has 1 aromatic rings. The molecule has 0 radical (unpaired) electrons. The van der Waals surface area contributed by atoms with E-state index in [1.54, 1.807) is 25.0 Å². The van der Waals surface area contributed by atoms with E-state index >= 15 is 0 Å². The fourth-order valence-electron chi connectivity index (χ4n) is 5.91. The van der Waals surface area contributed by atoms with Crippen LogP contribution in [0.5, 0.6) is 0 Å². The van der Waals surface area contributed by atoms with Crippen LogP contribution in [-0.4, -0.2) is 28.6 Å². The van der Waals surface area contributed by atoms with Crippen molar-refractivity contribution >= 4 is 17.5 Å². The van der Waals surface area contributed by atoms with Crippen molar-refractivity contribution in [3.63, 3.8) is 0 Å². The predicted octanol–water partition coefficient (Wildman–Crippen LogP) is 2.32. The number of hydrogen-bond donors (Lipinski definition) is 2. The van der Waals surface area contributed by atoms with Crippen molar-refractivity contribution < 1.29 is 9.59 Å². The molecule has 24 heavy (non-hydrogen) atoms. The van der Waals surface area contributed by atoms with E-state index in [9.17, 15) is 9.59 Å². The number of aryl methyl sites for hydroxylation is 1. The van der Waals surface area contributed by atoms with Gasteiger partial charge in [-0.25, -0.2) is 0 Å². The summed E-state index contributed by atoms with van der Waals surface area (Å²) in [6.07, 6.45) is 10.0. The molecule has 0 spiro atoms. The van der Waals surface area contributed by atoms with Crippen LogP contribution in [0.15, 0.2) is 6.20 Å². The van der Waals surface area contributed by atoms with Crippen LogP contribution in [0, 0.1) is 23.2 Å². The summed E-state index contributed by atoms with van der Waals surface area (Å²) in [5.41, 5.74) is 0.985. The number of amides is 2. The van der Waals surface area contributed by atoms with Gasteiger partial charge in [0.15, 0.2) is 5.69 Å². The highest BCUT2D eigenvalue weighted by atomic mass is 16.2. The standard InChI is InChI=1S/C18H26N4O2/c1-19-17(24)16-14(10-22(2)21-16)20-15(23)9-18-6-11-3-12(7-18)5-13(4-11)8-18/h10-13H,3-9H2,1-2H3,(H,19,24)(H,20,23). The number of carbonyl (C=O) groups is 2. The summed E-state index contributed by atoms with van der Waals surface area (Å²) in [6, 6.07) is 0. The minimum atomic E-state index is -0.277. The molecule has 2 N–H and O–H groups in total. The normalized spacial score (nSPS) is 33.5. The average Bonchev–Trinajstić information content (AvgIpc) is 2.84. The summed E-state index contributed by atoms with van der Waals surface area (Å²) >= 11 is 0. The first-order valence-corrected chi connectivity index (χ1v) is 9.02. The van der Waals surface area contributed by atoms with E-state index in [-0.39, 0.29) is 22.9 Å². The average molecular weight is 330 g/mol. The lowest BCUT2D eigenvalue weighted by Gasteiger charge is -2.56. The Balaban J connectivity index is 1.47. The van der Waals surface area contributed by atoms with Gasteiger partial charge in [-0.2, -0.15) is 5.10 Å². The van der Waals surface area contributed by atoms with Gasteiger partial charge in [-0.3, -0.25) is 14.3 Å². The van der Waals surface area contributed by atoms with Crippen molar-refractivity contribution in [3.05, 3.63) is 11.9 Å². The third-order valence-electron chi connectivity index (χ3n) is 6.25. The monoisotopic (exact) mass is 330 g/mol. The molecule has 4 saturated carbocycles. The summed E-state index contributed by atoms with van der Waals surface area (Å²) < 4.78 is 1.56. The van der Waals surface area contributed by atoms with E-state index in [1.807, 2.05) is 0 Å². The molecule has 6 nitrogen and oxygen atoms in total. The number of anilines is 1. The maximum Gasteiger partial charge on any atom is 0.273 e. The molecule has 0 unspecified atom stereocenters. The highest BCUT2D eigenvalue weighted by Crippen LogP contribution is 2.61. The SMILES string of the molecule is CNC(=O)c1nn(C)cc1NC(=O)CC12CC3CC(CC(C3)C1)C2. The number of aromatic nitrogens is 2. The summed E-state index contributed by atoms with van der Waals surface area (Å²) in [6.45, 7) is 0. The van der Waals surface area contributed by atoms with E-state index in [2.05, 4.69) is 15.7 Å². The lowest BCUT2D eigenvalue weighted by Crippen LogP contribution is -2.47. The highest BCUT2D eigenvalue weighted by Gasteiger charge is 2.51. The Morgan fingerprint density at radius 2 is 1.79 bits per heavy atom. The van der Waals surface area contributed by atoms with Crippen molar-refractivity contribution in [3.8, 4) is 0 Å². The van der Waals surface area contributed by atoms with Crippen molar-refractivity contribution in [2.24, 2.45) is 30.2 Å². The van der Waals surface area contributed by atoms with E-state index in [0.29, 0.717) is 12.1 Å². The number of rotatable bonds is 4. The first-order chi connectivity index (χ1) is 11.5. The second kappa shape index (κ2) is 5.60. The molecule has 4 aliphatic rings. The van der Waals surface area contributed by atoms with Crippen LogP contribution in [0.2, 0.25) is 0 Å². The molecule has 5 rings (SSSR count). The molecule has 4 aliphatic carbocycles. The zero-order valence-corrected chi connectivity index (χ0v) is 14.5. The molecule has 1 heterocycles. The fraction of sp³-hybridized carbons (Fsp3) is 0.722. The number of hydrogen-bond acceptors (Lipinski definition) is 3. The Morgan fingerprint density at radius 1 is 1.21 bits per heavy atom. The highest BCUT2D eigenvalue weighted by molar-refractivity contribution is 6.02. The number of nitrogens with zero attached hydrogens (tertiary/aromatic N) is 2. The van der Waals surface area contributed by atoms with Crippen LogP contribution >= 0.6 is 0 Å². The van der Waals surface area contributed by atoms with Gasteiger partial charge >= 0.3 is 0 Å². The third-order valence-corrected chi connectivity index (χ3v) is 6.25. The number of nitrogens with one attached hydrogen (secondary N) is 2. The van der Waals surface area contributed by atoms with Gasteiger partial charge in [0.2, 0.25) is 5.91 Å². The Hall–Kier alpha value is -1.85. The molecular formula is C18H26N4O2. The smallest absolute Gasteiger partial charge is 0.273 e. The van der Waals surface area contributed by atoms with Crippen molar-refractivity contribution in [1.82, 2.24) is 15.1 Å². The van der Waals surface area contributed by atoms with E-state index < -0.39 is 0 Å². The Kier molecular flexibility index (Phi) is 3.66. The maximum atomic E-state index is 12.7. The van der Waals surface area contributed by atoms with Crippen LogP contribution in [0.25, 0.3) is 0 Å². The predicted molar refractivity (Wildman–Crippen MR) is 90.4 cm³/mol. The molecule has 0 saturated heterocycles.